The van der Waals surface area contributed by atoms with Crippen LogP contribution in [0.2, 0.25) is 0 Å². The SMILES string of the molecule is CNc1nccn1Cc1cc(CN2CCOCC2)c2c(c1)C(=O)N([C@@H](C)c1cnc(F)c(OC)c1)CC2. The van der Waals surface area contributed by atoms with Gasteiger partial charge in [0.1, 0.15) is 0 Å². The summed E-state index contributed by atoms with van der Waals surface area (Å²) in [5.74, 6) is 0.157. The molecule has 0 spiro atoms. The van der Waals surface area contributed by atoms with Crippen molar-refractivity contribution in [2.75, 3.05) is 52.3 Å². The number of hydrogen-bond acceptors (Lipinski definition) is 7. The number of nitrogens with zero attached hydrogens (tertiary/aromatic N) is 5. The molecule has 196 valence electrons. The van der Waals surface area contributed by atoms with Gasteiger partial charge in [-0.25, -0.2) is 9.97 Å². The zero-order valence-electron chi connectivity index (χ0n) is 21.5. The maximum atomic E-state index is 13.9. The molecule has 0 bridgehead atoms. The second-order valence-electron chi connectivity index (χ2n) is 9.48. The monoisotopic (exact) mass is 508 g/mol. The van der Waals surface area contributed by atoms with Gasteiger partial charge in [-0.05, 0) is 47.7 Å². The largest absolute Gasteiger partial charge is 0.492 e. The smallest absolute Gasteiger partial charge is 0.255 e. The Balaban J connectivity index is 1.48. The lowest BCUT2D eigenvalue weighted by Crippen LogP contribution is -2.41. The molecule has 9 nitrogen and oxygen atoms in total. The Morgan fingerprint density at radius 2 is 1.97 bits per heavy atom. The lowest BCUT2D eigenvalue weighted by Gasteiger charge is -2.36. The maximum Gasteiger partial charge on any atom is 0.255 e. The molecule has 4 heterocycles. The zero-order valence-corrected chi connectivity index (χ0v) is 21.5. The summed E-state index contributed by atoms with van der Waals surface area (Å²) in [4.78, 5) is 26.3. The van der Waals surface area contributed by atoms with Crippen molar-refractivity contribution < 1.29 is 18.7 Å². The summed E-state index contributed by atoms with van der Waals surface area (Å²) in [6.07, 6.45) is 5.92. The van der Waals surface area contributed by atoms with Crippen molar-refractivity contribution in [1.29, 1.82) is 0 Å². The number of carbonyl (C=O) groups is 1. The van der Waals surface area contributed by atoms with Gasteiger partial charge in [0.05, 0.1) is 32.9 Å². The van der Waals surface area contributed by atoms with E-state index in [1.807, 2.05) is 35.7 Å². The Morgan fingerprint density at radius 3 is 2.73 bits per heavy atom. The first-order valence-corrected chi connectivity index (χ1v) is 12.6. The van der Waals surface area contributed by atoms with Crippen molar-refractivity contribution >= 4 is 11.9 Å². The fourth-order valence-corrected chi connectivity index (χ4v) is 5.23. The van der Waals surface area contributed by atoms with E-state index >= 15 is 0 Å². The molecule has 2 aliphatic rings. The molecule has 2 aromatic heterocycles. The molecular formula is C27H33FN6O3. The highest BCUT2D eigenvalue weighted by atomic mass is 19.1. The number of amides is 1. The average Bonchev–Trinajstić information content (AvgIpc) is 3.37. The molecule has 37 heavy (non-hydrogen) atoms. The highest BCUT2D eigenvalue weighted by Crippen LogP contribution is 2.32. The fraction of sp³-hybridized carbons (Fsp3) is 0.444. The number of nitrogens with one attached hydrogen (secondary N) is 1. The lowest BCUT2D eigenvalue weighted by atomic mass is 9.90. The quantitative estimate of drug-likeness (QED) is 0.468. The van der Waals surface area contributed by atoms with Crippen LogP contribution in [0.25, 0.3) is 0 Å². The van der Waals surface area contributed by atoms with Crippen LogP contribution < -0.4 is 10.1 Å². The second-order valence-corrected chi connectivity index (χ2v) is 9.48. The van der Waals surface area contributed by atoms with Crippen LogP contribution >= 0.6 is 0 Å². The highest BCUT2D eigenvalue weighted by molar-refractivity contribution is 5.97. The van der Waals surface area contributed by atoms with Gasteiger partial charge in [0.15, 0.2) is 5.75 Å². The van der Waals surface area contributed by atoms with E-state index in [2.05, 4.69) is 26.3 Å². The van der Waals surface area contributed by atoms with E-state index in [0.29, 0.717) is 13.1 Å². The lowest BCUT2D eigenvalue weighted by molar-refractivity contribution is 0.0339. The summed E-state index contributed by atoms with van der Waals surface area (Å²) in [5.41, 5.74) is 4.80. The predicted octanol–water partition coefficient (Wildman–Crippen LogP) is 3.11. The van der Waals surface area contributed by atoms with Gasteiger partial charge in [-0.3, -0.25) is 9.69 Å². The first-order valence-electron chi connectivity index (χ1n) is 12.6. The summed E-state index contributed by atoms with van der Waals surface area (Å²) >= 11 is 0. The van der Waals surface area contributed by atoms with Gasteiger partial charge in [-0.15, -0.1) is 0 Å². The Bertz CT molecular complexity index is 1270. The van der Waals surface area contributed by atoms with Gasteiger partial charge in [-0.1, -0.05) is 6.07 Å². The molecule has 1 saturated heterocycles. The molecule has 0 unspecified atom stereocenters. The van der Waals surface area contributed by atoms with Gasteiger partial charge >= 0.3 is 0 Å². The van der Waals surface area contributed by atoms with E-state index in [1.54, 1.807) is 12.3 Å². The third-order valence-corrected chi connectivity index (χ3v) is 7.28. The molecule has 3 aromatic rings. The van der Waals surface area contributed by atoms with Gasteiger partial charge in [-0.2, -0.15) is 4.39 Å². The number of anilines is 1. The van der Waals surface area contributed by atoms with E-state index in [0.717, 1.165) is 67.5 Å². The van der Waals surface area contributed by atoms with Gasteiger partial charge in [0.2, 0.25) is 5.95 Å². The van der Waals surface area contributed by atoms with Crippen molar-refractivity contribution in [3.8, 4) is 5.75 Å². The molecule has 1 N–H and O–H groups in total. The second kappa shape index (κ2) is 10.9. The molecule has 5 rings (SSSR count). The van der Waals surface area contributed by atoms with Crippen LogP contribution in [0.1, 0.15) is 45.6 Å². The number of halogens is 1. The molecular weight excluding hydrogens is 475 g/mol. The zero-order chi connectivity index (χ0) is 25.9. The van der Waals surface area contributed by atoms with Crippen LogP contribution in [0.5, 0.6) is 5.75 Å². The molecule has 1 amide bonds. The molecule has 1 aromatic carbocycles. The van der Waals surface area contributed by atoms with E-state index in [-0.39, 0.29) is 17.7 Å². The number of carbonyl (C=O) groups excluding carboxylic acids is 1. The van der Waals surface area contributed by atoms with Gasteiger partial charge < -0.3 is 24.3 Å². The highest BCUT2D eigenvalue weighted by Gasteiger charge is 2.31. The Hall–Kier alpha value is -3.50. The normalized spacial score (nSPS) is 17.0. The third kappa shape index (κ3) is 5.17. The minimum absolute atomic E-state index is 0.0263. The molecule has 0 aliphatic carbocycles. The average molecular weight is 509 g/mol. The Morgan fingerprint density at radius 1 is 1.16 bits per heavy atom. The minimum atomic E-state index is -0.661. The Labute approximate surface area is 216 Å². The summed E-state index contributed by atoms with van der Waals surface area (Å²) in [6.45, 7) is 7.10. The fourth-order valence-electron chi connectivity index (χ4n) is 5.23. The third-order valence-electron chi connectivity index (χ3n) is 7.28. The number of benzene rings is 1. The minimum Gasteiger partial charge on any atom is -0.492 e. The number of methoxy groups -OCH3 is 1. The summed E-state index contributed by atoms with van der Waals surface area (Å²) in [6, 6.07) is 5.59. The van der Waals surface area contributed by atoms with Crippen LogP contribution in [-0.2, 0) is 24.2 Å². The van der Waals surface area contributed by atoms with Crippen molar-refractivity contribution in [2.24, 2.45) is 0 Å². The van der Waals surface area contributed by atoms with Gasteiger partial charge in [0, 0.05) is 57.4 Å². The topological polar surface area (TPSA) is 84.8 Å². The molecule has 0 radical (unpaired) electrons. The number of fused-ring (bicyclic) bond motifs is 1. The number of morpholine rings is 1. The molecule has 1 atom stereocenters. The van der Waals surface area contributed by atoms with Crippen LogP contribution in [0.4, 0.5) is 10.3 Å². The van der Waals surface area contributed by atoms with Gasteiger partial charge in [0.25, 0.3) is 11.9 Å². The number of aromatic nitrogens is 3. The summed E-state index contributed by atoms with van der Waals surface area (Å²) < 4.78 is 26.6. The van der Waals surface area contributed by atoms with Crippen molar-refractivity contribution in [2.45, 2.75) is 32.5 Å². The van der Waals surface area contributed by atoms with Crippen LogP contribution in [0, 0.1) is 5.95 Å². The predicted molar refractivity (Wildman–Crippen MR) is 137 cm³/mol. The number of ether oxygens (including phenoxy) is 2. The molecule has 1 fully saturated rings. The molecule has 10 heteroatoms. The summed E-state index contributed by atoms with van der Waals surface area (Å²) in [7, 11) is 3.26. The number of pyridine rings is 1. The van der Waals surface area contributed by atoms with E-state index in [1.165, 1.54) is 18.9 Å². The van der Waals surface area contributed by atoms with Crippen molar-refractivity contribution in [1.82, 2.24) is 24.3 Å². The Kier molecular flexibility index (Phi) is 7.38. The van der Waals surface area contributed by atoms with Crippen molar-refractivity contribution in [3.05, 3.63) is 70.6 Å². The first kappa shape index (κ1) is 25.2. The standard InChI is InChI=1S/C27H33FN6O3/c1-18(20-14-24(36-3)25(28)31-15-20)34-6-4-22-21(17-32-8-10-37-11-9-32)12-19(13-23(22)26(34)35)16-33-7-5-30-27(33)29-2/h5,7,12-15,18H,4,6,8-11,16-17H2,1-3H3,(H,29,30)/t18-/m0/s1. The van der Waals surface area contributed by atoms with Crippen molar-refractivity contribution in [3.63, 3.8) is 0 Å². The van der Waals surface area contributed by atoms with E-state index in [4.69, 9.17) is 9.47 Å². The molecule has 0 saturated carbocycles. The summed E-state index contributed by atoms with van der Waals surface area (Å²) in [5, 5.41) is 3.11. The number of imidazole rings is 1. The number of hydrogen-bond donors (Lipinski definition) is 1. The first-order chi connectivity index (χ1) is 18.0. The maximum absolute atomic E-state index is 13.9. The van der Waals surface area contributed by atoms with Crippen LogP contribution in [-0.4, -0.2) is 77.2 Å². The van der Waals surface area contributed by atoms with Crippen LogP contribution in [0.3, 0.4) is 0 Å². The van der Waals surface area contributed by atoms with Crippen LogP contribution in [0.15, 0.2) is 36.8 Å². The number of rotatable bonds is 8. The molecule has 2 aliphatic heterocycles. The van der Waals surface area contributed by atoms with E-state index < -0.39 is 5.95 Å². The van der Waals surface area contributed by atoms with E-state index in [9.17, 15) is 9.18 Å².